The van der Waals surface area contributed by atoms with Crippen LogP contribution in [0.4, 0.5) is 0 Å². The van der Waals surface area contributed by atoms with Crippen molar-refractivity contribution in [2.45, 2.75) is 13.8 Å². The van der Waals surface area contributed by atoms with Gasteiger partial charge >= 0.3 is 0 Å². The van der Waals surface area contributed by atoms with E-state index in [2.05, 4.69) is 21.0 Å². The quantitative estimate of drug-likeness (QED) is 0.348. The van der Waals surface area contributed by atoms with Crippen LogP contribution in [0.3, 0.4) is 0 Å². The number of amides is 2. The lowest BCUT2D eigenvalue weighted by molar-refractivity contribution is -0.123. The van der Waals surface area contributed by atoms with Gasteiger partial charge < -0.3 is 4.74 Å². The maximum absolute atomic E-state index is 12.3. The van der Waals surface area contributed by atoms with Crippen LogP contribution in [0.1, 0.15) is 21.5 Å². The minimum absolute atomic E-state index is 0.272. The van der Waals surface area contributed by atoms with Crippen molar-refractivity contribution in [3.8, 4) is 28.3 Å². The van der Waals surface area contributed by atoms with Crippen LogP contribution in [0.2, 0.25) is 5.02 Å². The lowest BCUT2D eigenvalue weighted by Gasteiger charge is -2.10. The lowest BCUT2D eigenvalue weighted by atomic mass is 10.0. The summed E-state index contributed by atoms with van der Waals surface area (Å²) in [6.07, 6.45) is 0. The number of carbonyl (C=O) groups is 2. The summed E-state index contributed by atoms with van der Waals surface area (Å²) in [4.78, 5) is 24.5. The van der Waals surface area contributed by atoms with Crippen molar-refractivity contribution in [3.63, 3.8) is 0 Å². The summed E-state index contributed by atoms with van der Waals surface area (Å²) in [6.45, 7) is 3.60. The van der Waals surface area contributed by atoms with Crippen LogP contribution in [0.5, 0.6) is 5.88 Å². The molecule has 0 unspecified atom stereocenters. The summed E-state index contributed by atoms with van der Waals surface area (Å²) in [5.74, 6) is -0.668. The van der Waals surface area contributed by atoms with Crippen LogP contribution < -0.4 is 15.6 Å². The van der Waals surface area contributed by atoms with Crippen molar-refractivity contribution in [1.29, 1.82) is 0 Å². The van der Waals surface area contributed by atoms with Crippen LogP contribution in [0.25, 0.3) is 22.4 Å². The Bertz CT molecular complexity index is 1300. The standard InChI is InChI=1S/C26H23ClN4O3/c1-16-3-7-18(8-4-16)23-24(19-11-13-21(27)14-12-19)29-31-26(23)34-15-22(32)28-30-25(33)20-9-5-17(2)6-10-20/h3-14H,15H2,1-2H3,(H,28,32)(H,29,31)(H,30,33). The Morgan fingerprint density at radius 2 is 1.44 bits per heavy atom. The maximum Gasteiger partial charge on any atom is 0.276 e. The molecule has 1 heterocycles. The van der Waals surface area contributed by atoms with Gasteiger partial charge in [-0.05, 0) is 43.7 Å². The minimum atomic E-state index is -0.522. The smallest absolute Gasteiger partial charge is 0.276 e. The van der Waals surface area contributed by atoms with Crippen molar-refractivity contribution >= 4 is 23.4 Å². The molecule has 1 aromatic heterocycles. The van der Waals surface area contributed by atoms with E-state index in [4.69, 9.17) is 16.3 Å². The van der Waals surface area contributed by atoms with Gasteiger partial charge in [0, 0.05) is 16.1 Å². The molecule has 0 atom stereocenters. The first-order valence-electron chi connectivity index (χ1n) is 10.6. The Morgan fingerprint density at radius 3 is 2.09 bits per heavy atom. The number of H-pyrrole nitrogens is 1. The van der Waals surface area contributed by atoms with Crippen molar-refractivity contribution in [2.75, 3.05) is 6.61 Å². The topological polar surface area (TPSA) is 96.1 Å². The molecular formula is C26H23ClN4O3. The molecule has 0 saturated heterocycles. The third-order valence-corrected chi connectivity index (χ3v) is 5.43. The van der Waals surface area contributed by atoms with Gasteiger partial charge in [0.15, 0.2) is 6.61 Å². The second kappa shape index (κ2) is 10.2. The molecule has 0 aliphatic rings. The second-order valence-corrected chi connectivity index (χ2v) is 8.25. The Morgan fingerprint density at radius 1 is 0.853 bits per heavy atom. The summed E-state index contributed by atoms with van der Waals surface area (Å²) in [5.41, 5.74) is 10.6. The fraction of sp³-hybridized carbons (Fsp3) is 0.115. The van der Waals surface area contributed by atoms with Crippen LogP contribution in [-0.2, 0) is 4.79 Å². The number of benzene rings is 3. The lowest BCUT2D eigenvalue weighted by Crippen LogP contribution is -2.43. The first kappa shape index (κ1) is 23.1. The Labute approximate surface area is 202 Å². The third kappa shape index (κ3) is 5.44. The van der Waals surface area contributed by atoms with Crippen molar-refractivity contribution in [1.82, 2.24) is 21.0 Å². The Kier molecular flexibility index (Phi) is 6.94. The van der Waals surface area contributed by atoms with Crippen LogP contribution in [-0.4, -0.2) is 28.6 Å². The zero-order valence-corrected chi connectivity index (χ0v) is 19.4. The highest BCUT2D eigenvalue weighted by Gasteiger charge is 2.19. The molecule has 172 valence electrons. The van der Waals surface area contributed by atoms with Gasteiger partial charge in [-0.3, -0.25) is 25.5 Å². The molecule has 34 heavy (non-hydrogen) atoms. The van der Waals surface area contributed by atoms with Crippen molar-refractivity contribution in [3.05, 3.63) is 94.5 Å². The van der Waals surface area contributed by atoms with Gasteiger partial charge in [0.1, 0.15) is 0 Å². The van der Waals surface area contributed by atoms with E-state index in [1.54, 1.807) is 24.3 Å². The van der Waals surface area contributed by atoms with Gasteiger partial charge in [-0.15, -0.1) is 5.10 Å². The summed E-state index contributed by atoms with van der Waals surface area (Å²) in [6, 6.07) is 22.3. The normalized spacial score (nSPS) is 10.6. The molecular weight excluding hydrogens is 452 g/mol. The number of nitrogens with zero attached hydrogens (tertiary/aromatic N) is 1. The first-order valence-corrected chi connectivity index (χ1v) is 11.0. The zero-order valence-electron chi connectivity index (χ0n) is 18.7. The van der Waals surface area contributed by atoms with E-state index >= 15 is 0 Å². The summed E-state index contributed by atoms with van der Waals surface area (Å²) >= 11 is 6.04. The number of nitrogens with one attached hydrogen (secondary N) is 3. The highest BCUT2D eigenvalue weighted by atomic mass is 35.5. The minimum Gasteiger partial charge on any atom is -0.466 e. The van der Waals surface area contributed by atoms with Gasteiger partial charge in [-0.25, -0.2) is 0 Å². The fourth-order valence-corrected chi connectivity index (χ4v) is 3.44. The van der Waals surface area contributed by atoms with Gasteiger partial charge in [0.05, 0.1) is 11.3 Å². The summed E-state index contributed by atoms with van der Waals surface area (Å²) in [7, 11) is 0. The molecule has 4 aromatic rings. The average molecular weight is 475 g/mol. The third-order valence-electron chi connectivity index (χ3n) is 5.18. The molecule has 4 rings (SSSR count). The number of hydrogen-bond acceptors (Lipinski definition) is 4. The number of hydrogen-bond donors (Lipinski definition) is 3. The predicted molar refractivity (Wildman–Crippen MR) is 131 cm³/mol. The van der Waals surface area contributed by atoms with Crippen LogP contribution >= 0.6 is 11.6 Å². The van der Waals surface area contributed by atoms with Crippen molar-refractivity contribution < 1.29 is 14.3 Å². The number of rotatable bonds is 6. The molecule has 0 radical (unpaired) electrons. The molecule has 0 bridgehead atoms. The fourth-order valence-electron chi connectivity index (χ4n) is 3.32. The molecule has 3 aromatic carbocycles. The molecule has 0 fully saturated rings. The SMILES string of the molecule is Cc1ccc(C(=O)NNC(=O)COc2n[nH]c(-c3ccc(Cl)cc3)c2-c2ccc(C)cc2)cc1. The summed E-state index contributed by atoms with van der Waals surface area (Å²) < 4.78 is 5.73. The van der Waals surface area contributed by atoms with Gasteiger partial charge in [0.2, 0.25) is 5.88 Å². The van der Waals surface area contributed by atoms with Crippen LogP contribution in [0, 0.1) is 13.8 Å². The number of ether oxygens (including phenoxy) is 1. The maximum atomic E-state index is 12.3. The van der Waals surface area contributed by atoms with Gasteiger partial charge in [-0.2, -0.15) is 0 Å². The molecule has 8 heteroatoms. The Hall–Kier alpha value is -4.10. The molecule has 0 saturated carbocycles. The molecule has 2 amide bonds. The van der Waals surface area contributed by atoms with E-state index in [1.807, 2.05) is 62.4 Å². The molecule has 7 nitrogen and oxygen atoms in total. The highest BCUT2D eigenvalue weighted by molar-refractivity contribution is 6.30. The molecule has 3 N–H and O–H groups in total. The van der Waals surface area contributed by atoms with E-state index in [0.29, 0.717) is 10.6 Å². The van der Waals surface area contributed by atoms with Crippen molar-refractivity contribution in [2.24, 2.45) is 0 Å². The largest absolute Gasteiger partial charge is 0.466 e. The first-order chi connectivity index (χ1) is 16.4. The van der Waals surface area contributed by atoms with Gasteiger partial charge in [-0.1, -0.05) is 71.3 Å². The average Bonchev–Trinajstić information content (AvgIpc) is 3.26. The van der Waals surface area contributed by atoms with E-state index in [0.717, 1.165) is 33.5 Å². The number of hydrazine groups is 1. The monoisotopic (exact) mass is 474 g/mol. The van der Waals surface area contributed by atoms with E-state index in [-0.39, 0.29) is 12.5 Å². The molecule has 0 aliphatic carbocycles. The molecule has 0 spiro atoms. The highest BCUT2D eigenvalue weighted by Crippen LogP contribution is 2.37. The Balaban J connectivity index is 1.48. The van der Waals surface area contributed by atoms with E-state index in [1.165, 1.54) is 0 Å². The number of carbonyl (C=O) groups excluding carboxylic acids is 2. The van der Waals surface area contributed by atoms with E-state index in [9.17, 15) is 9.59 Å². The number of aromatic amines is 1. The number of halogens is 1. The second-order valence-electron chi connectivity index (χ2n) is 7.81. The molecule has 0 aliphatic heterocycles. The summed E-state index contributed by atoms with van der Waals surface area (Å²) in [5, 5.41) is 7.92. The van der Waals surface area contributed by atoms with Crippen LogP contribution in [0.15, 0.2) is 72.8 Å². The number of aryl methyl sites for hydroxylation is 2. The zero-order chi connectivity index (χ0) is 24.1. The number of aromatic nitrogens is 2. The van der Waals surface area contributed by atoms with E-state index < -0.39 is 11.8 Å². The van der Waals surface area contributed by atoms with Gasteiger partial charge in [0.25, 0.3) is 11.8 Å². The predicted octanol–water partition coefficient (Wildman–Crippen LogP) is 4.85.